The molecule has 0 atom stereocenters. The maximum absolute atomic E-state index is 12.0. The first kappa shape index (κ1) is 15.0. The molecule has 1 aromatic heterocycles. The predicted molar refractivity (Wildman–Crippen MR) is 81.9 cm³/mol. The van der Waals surface area contributed by atoms with Gasteiger partial charge in [-0.2, -0.15) is 0 Å². The van der Waals surface area contributed by atoms with Gasteiger partial charge >= 0.3 is 0 Å². The highest BCUT2D eigenvalue weighted by Crippen LogP contribution is 2.34. The standard InChI is InChI=1S/C13H11ClN2O2S2/c1-2-9-15-16-20(17,18)13-8-7-12(19-13)10-5-3-4-6-11(10)14/h1,3-8,15-16H,9H2. The molecule has 4 nitrogen and oxygen atoms in total. The fourth-order valence-electron chi connectivity index (χ4n) is 1.50. The van der Waals surface area contributed by atoms with Crippen molar-refractivity contribution in [1.82, 2.24) is 10.3 Å². The van der Waals surface area contributed by atoms with Crippen LogP contribution in [0.4, 0.5) is 0 Å². The van der Waals surface area contributed by atoms with Gasteiger partial charge in [0, 0.05) is 15.5 Å². The third-order valence-corrected chi connectivity index (χ3v) is 5.61. The fraction of sp³-hybridized carbons (Fsp3) is 0.0769. The molecule has 7 heteroatoms. The molecular weight excluding hydrogens is 316 g/mol. The number of nitrogens with one attached hydrogen (secondary N) is 2. The monoisotopic (exact) mass is 326 g/mol. The number of halogens is 1. The zero-order valence-electron chi connectivity index (χ0n) is 10.3. The minimum Gasteiger partial charge on any atom is -0.232 e. The van der Waals surface area contributed by atoms with E-state index < -0.39 is 10.0 Å². The van der Waals surface area contributed by atoms with Crippen molar-refractivity contribution in [3.8, 4) is 22.8 Å². The summed E-state index contributed by atoms with van der Waals surface area (Å²) >= 11 is 7.23. The Morgan fingerprint density at radius 3 is 2.70 bits per heavy atom. The van der Waals surface area contributed by atoms with Crippen molar-refractivity contribution in [3.05, 3.63) is 41.4 Å². The summed E-state index contributed by atoms with van der Waals surface area (Å²) < 4.78 is 24.1. The van der Waals surface area contributed by atoms with Crippen LogP contribution in [0.25, 0.3) is 10.4 Å². The molecule has 2 aromatic rings. The molecule has 104 valence electrons. The molecule has 0 unspecified atom stereocenters. The molecule has 2 rings (SSSR count). The summed E-state index contributed by atoms with van der Waals surface area (Å²) in [6.07, 6.45) is 5.03. The van der Waals surface area contributed by atoms with Crippen LogP contribution in [0.5, 0.6) is 0 Å². The second-order valence-corrected chi connectivity index (χ2v) is 7.16. The smallest absolute Gasteiger partial charge is 0.232 e. The first-order valence-electron chi connectivity index (χ1n) is 5.57. The van der Waals surface area contributed by atoms with Gasteiger partial charge in [0.15, 0.2) is 0 Å². The first-order valence-corrected chi connectivity index (χ1v) is 8.25. The highest BCUT2D eigenvalue weighted by molar-refractivity contribution is 7.91. The molecule has 0 aliphatic heterocycles. The molecule has 0 saturated carbocycles. The molecule has 0 radical (unpaired) electrons. The van der Waals surface area contributed by atoms with E-state index in [1.54, 1.807) is 12.1 Å². The van der Waals surface area contributed by atoms with Crippen molar-refractivity contribution in [2.24, 2.45) is 0 Å². The van der Waals surface area contributed by atoms with E-state index in [0.29, 0.717) is 5.02 Å². The highest BCUT2D eigenvalue weighted by Gasteiger charge is 2.17. The zero-order valence-corrected chi connectivity index (χ0v) is 12.6. The van der Waals surface area contributed by atoms with Crippen molar-refractivity contribution < 1.29 is 8.42 Å². The predicted octanol–water partition coefficient (Wildman–Crippen LogP) is 2.48. The van der Waals surface area contributed by atoms with Crippen LogP contribution in [0, 0.1) is 12.3 Å². The normalized spacial score (nSPS) is 11.2. The summed E-state index contributed by atoms with van der Waals surface area (Å²) in [5.74, 6) is 2.28. The Bertz CT molecular complexity index is 748. The Morgan fingerprint density at radius 1 is 1.25 bits per heavy atom. The van der Waals surface area contributed by atoms with Gasteiger partial charge in [-0.3, -0.25) is 0 Å². The Morgan fingerprint density at radius 2 is 2.00 bits per heavy atom. The molecule has 1 heterocycles. The fourth-order valence-corrected chi connectivity index (χ4v) is 4.02. The lowest BCUT2D eigenvalue weighted by Gasteiger charge is -2.03. The first-order chi connectivity index (χ1) is 9.54. The zero-order chi connectivity index (χ0) is 14.6. The molecular formula is C13H11ClN2O2S2. The molecule has 0 saturated heterocycles. The molecule has 0 amide bonds. The van der Waals surface area contributed by atoms with Crippen molar-refractivity contribution in [2.45, 2.75) is 4.21 Å². The van der Waals surface area contributed by atoms with Crippen molar-refractivity contribution in [1.29, 1.82) is 0 Å². The second kappa shape index (κ2) is 6.39. The lowest BCUT2D eigenvalue weighted by Crippen LogP contribution is -2.37. The number of thiophene rings is 1. The number of sulfonamides is 1. The van der Waals surface area contributed by atoms with Gasteiger partial charge in [-0.15, -0.1) is 22.6 Å². The van der Waals surface area contributed by atoms with E-state index in [0.717, 1.165) is 21.8 Å². The third-order valence-electron chi connectivity index (χ3n) is 2.38. The highest BCUT2D eigenvalue weighted by atomic mass is 35.5. The third kappa shape index (κ3) is 3.39. The van der Waals surface area contributed by atoms with E-state index in [1.807, 2.05) is 18.2 Å². The van der Waals surface area contributed by atoms with Gasteiger partial charge in [-0.25, -0.2) is 13.8 Å². The Balaban J connectivity index is 2.26. The quantitative estimate of drug-likeness (QED) is 0.504. The van der Waals surface area contributed by atoms with E-state index in [2.05, 4.69) is 16.2 Å². The number of hydrazine groups is 1. The number of hydrogen-bond donors (Lipinski definition) is 2. The maximum atomic E-state index is 12.0. The molecule has 0 aliphatic rings. The van der Waals surface area contributed by atoms with Crippen molar-refractivity contribution >= 4 is 33.0 Å². The van der Waals surface area contributed by atoms with Crippen LogP contribution in [0.15, 0.2) is 40.6 Å². The molecule has 0 aliphatic carbocycles. The largest absolute Gasteiger partial charge is 0.262 e. The van der Waals surface area contributed by atoms with E-state index in [-0.39, 0.29) is 10.8 Å². The lowest BCUT2D eigenvalue weighted by molar-refractivity contribution is 0.568. The summed E-state index contributed by atoms with van der Waals surface area (Å²) in [7, 11) is -3.61. The van der Waals surface area contributed by atoms with E-state index in [1.165, 1.54) is 6.07 Å². The van der Waals surface area contributed by atoms with Crippen LogP contribution in [0.1, 0.15) is 0 Å². The average Bonchev–Trinajstić information content (AvgIpc) is 2.90. The van der Waals surface area contributed by atoms with Gasteiger partial charge in [-0.05, 0) is 18.2 Å². The Labute approximate surface area is 126 Å². The summed E-state index contributed by atoms with van der Waals surface area (Å²) in [6, 6.07) is 10.5. The average molecular weight is 327 g/mol. The van der Waals surface area contributed by atoms with Crippen molar-refractivity contribution in [2.75, 3.05) is 6.54 Å². The molecule has 0 spiro atoms. The maximum Gasteiger partial charge on any atom is 0.262 e. The summed E-state index contributed by atoms with van der Waals surface area (Å²) in [4.78, 5) is 3.00. The van der Waals surface area contributed by atoms with Crippen LogP contribution >= 0.6 is 22.9 Å². The second-order valence-electron chi connectivity index (χ2n) is 3.76. The van der Waals surface area contributed by atoms with Gasteiger partial charge in [0.2, 0.25) is 0 Å². The summed E-state index contributed by atoms with van der Waals surface area (Å²) in [6.45, 7) is 0.113. The molecule has 0 fully saturated rings. The van der Waals surface area contributed by atoms with Gasteiger partial charge in [0.25, 0.3) is 10.0 Å². The Hall–Kier alpha value is -1.36. The SMILES string of the molecule is C#CCNNS(=O)(=O)c1ccc(-c2ccccc2Cl)s1. The van der Waals surface area contributed by atoms with Gasteiger partial charge in [0.1, 0.15) is 4.21 Å². The number of hydrogen-bond acceptors (Lipinski definition) is 4. The molecule has 1 aromatic carbocycles. The van der Waals surface area contributed by atoms with E-state index in [9.17, 15) is 8.42 Å². The summed E-state index contributed by atoms with van der Waals surface area (Å²) in [5.41, 5.74) is 3.24. The van der Waals surface area contributed by atoms with Crippen LogP contribution in [0.3, 0.4) is 0 Å². The number of benzene rings is 1. The molecule has 2 N–H and O–H groups in total. The molecule has 20 heavy (non-hydrogen) atoms. The van der Waals surface area contributed by atoms with Crippen molar-refractivity contribution in [3.63, 3.8) is 0 Å². The minimum absolute atomic E-state index is 0.113. The number of terminal acetylenes is 1. The van der Waals surface area contributed by atoms with Crippen LogP contribution in [-0.2, 0) is 10.0 Å². The number of rotatable bonds is 5. The van der Waals surface area contributed by atoms with E-state index in [4.69, 9.17) is 18.0 Å². The Kier molecular flexibility index (Phi) is 4.81. The minimum atomic E-state index is -3.61. The van der Waals surface area contributed by atoms with Gasteiger partial charge in [-0.1, -0.05) is 35.7 Å². The van der Waals surface area contributed by atoms with Gasteiger partial charge in [0.05, 0.1) is 6.54 Å². The van der Waals surface area contributed by atoms with Crippen LogP contribution < -0.4 is 10.3 Å². The summed E-state index contributed by atoms with van der Waals surface area (Å²) in [5, 5.41) is 0.580. The van der Waals surface area contributed by atoms with E-state index >= 15 is 0 Å². The molecule has 0 bridgehead atoms. The van der Waals surface area contributed by atoms with Crippen LogP contribution in [0.2, 0.25) is 5.02 Å². The van der Waals surface area contributed by atoms with Gasteiger partial charge < -0.3 is 0 Å². The topological polar surface area (TPSA) is 58.2 Å². The van der Waals surface area contributed by atoms with Crippen LogP contribution in [-0.4, -0.2) is 15.0 Å². The lowest BCUT2D eigenvalue weighted by atomic mass is 10.2.